The van der Waals surface area contributed by atoms with Crippen LogP contribution in [0.25, 0.3) is 11.0 Å². The summed E-state index contributed by atoms with van der Waals surface area (Å²) in [5.41, 5.74) is 0.667. The topological polar surface area (TPSA) is 80.4 Å². The number of aromatic nitrogens is 3. The summed E-state index contributed by atoms with van der Waals surface area (Å²) in [5, 5.41) is 20.1. The van der Waals surface area contributed by atoms with Crippen molar-refractivity contribution in [2.75, 3.05) is 6.61 Å². The Kier molecular flexibility index (Phi) is 3.65. The summed E-state index contributed by atoms with van der Waals surface area (Å²) < 4.78 is 8.37. The highest BCUT2D eigenvalue weighted by Crippen LogP contribution is 2.34. The Bertz CT molecular complexity index is 620. The van der Waals surface area contributed by atoms with Crippen molar-refractivity contribution in [1.29, 1.82) is 0 Å². The van der Waals surface area contributed by atoms with Gasteiger partial charge < -0.3 is 19.5 Å². The van der Waals surface area contributed by atoms with Gasteiger partial charge in [-0.25, -0.2) is 9.97 Å². The van der Waals surface area contributed by atoms with Crippen molar-refractivity contribution < 1.29 is 14.9 Å². The summed E-state index contributed by atoms with van der Waals surface area (Å²) in [6.07, 6.45) is 2.07. The van der Waals surface area contributed by atoms with Gasteiger partial charge in [0, 0.05) is 16.2 Å². The number of nitrogens with zero attached hydrogens (tertiary/aromatic N) is 3. The molecule has 3 heterocycles. The zero-order valence-electron chi connectivity index (χ0n) is 9.70. The zero-order valence-corrected chi connectivity index (χ0v) is 12.6. The molecule has 1 saturated heterocycles. The maximum absolute atomic E-state index is 9.80. The van der Waals surface area contributed by atoms with Gasteiger partial charge in [0.05, 0.1) is 18.1 Å². The number of hydrogen-bond donors (Lipinski definition) is 2. The number of aliphatic hydroxyl groups is 2. The minimum atomic E-state index is -0.678. The normalized spacial score (nSPS) is 27.3. The molecule has 19 heavy (non-hydrogen) atoms. The Hall–Kier alpha value is -0.480. The summed E-state index contributed by atoms with van der Waals surface area (Å²) in [6, 6.07) is 0. The van der Waals surface area contributed by atoms with Gasteiger partial charge in [0.1, 0.15) is 29.5 Å². The van der Waals surface area contributed by atoms with Crippen LogP contribution in [0.15, 0.2) is 12.5 Å². The lowest BCUT2D eigenvalue weighted by Crippen LogP contribution is -2.24. The summed E-state index contributed by atoms with van der Waals surface area (Å²) in [6.45, 7) is -0.205. The fourth-order valence-corrected chi connectivity index (χ4v) is 3.46. The van der Waals surface area contributed by atoms with Crippen LogP contribution < -0.4 is 0 Å². The maximum atomic E-state index is 9.80. The number of halogens is 2. The van der Waals surface area contributed by atoms with E-state index < -0.39 is 12.2 Å². The van der Waals surface area contributed by atoms with E-state index in [1.54, 1.807) is 0 Å². The Morgan fingerprint density at radius 2 is 2.32 bits per heavy atom. The highest BCUT2D eigenvalue weighted by Gasteiger charge is 2.35. The van der Waals surface area contributed by atoms with E-state index in [-0.39, 0.29) is 12.8 Å². The van der Waals surface area contributed by atoms with Crippen molar-refractivity contribution in [3.05, 3.63) is 21.2 Å². The van der Waals surface area contributed by atoms with Crippen LogP contribution in [0, 0.1) is 3.57 Å². The van der Waals surface area contributed by atoms with Crippen LogP contribution in [-0.2, 0) is 4.74 Å². The second kappa shape index (κ2) is 5.13. The third-order valence-corrected chi connectivity index (χ3v) is 4.32. The number of rotatable bonds is 2. The van der Waals surface area contributed by atoms with E-state index in [9.17, 15) is 5.11 Å². The monoisotopic (exact) mass is 395 g/mol. The molecule has 0 bridgehead atoms. The molecular formula is C11H11ClIN3O3. The Morgan fingerprint density at radius 3 is 3.00 bits per heavy atom. The molecule has 6 nitrogen and oxygen atoms in total. The quantitative estimate of drug-likeness (QED) is 0.592. The minimum Gasteiger partial charge on any atom is -0.394 e. The van der Waals surface area contributed by atoms with Gasteiger partial charge in [-0.3, -0.25) is 0 Å². The van der Waals surface area contributed by atoms with Crippen molar-refractivity contribution in [3.63, 3.8) is 0 Å². The Morgan fingerprint density at radius 1 is 1.53 bits per heavy atom. The molecule has 0 saturated carbocycles. The maximum Gasteiger partial charge on any atom is 0.148 e. The van der Waals surface area contributed by atoms with Crippen LogP contribution in [0.4, 0.5) is 0 Å². The fraction of sp³-hybridized carbons (Fsp3) is 0.455. The van der Waals surface area contributed by atoms with E-state index in [1.807, 2.05) is 10.8 Å². The molecule has 3 atom stereocenters. The van der Waals surface area contributed by atoms with E-state index in [0.717, 1.165) is 8.96 Å². The van der Waals surface area contributed by atoms with Crippen LogP contribution in [-0.4, -0.2) is 43.6 Å². The number of aliphatic hydroxyl groups excluding tert-OH is 2. The summed E-state index contributed by atoms with van der Waals surface area (Å²) >= 11 is 8.23. The molecule has 2 aromatic heterocycles. The van der Waals surface area contributed by atoms with Crippen molar-refractivity contribution in [2.45, 2.75) is 24.9 Å². The number of ether oxygens (including phenoxy) is 1. The molecule has 2 N–H and O–H groups in total. The molecule has 1 fully saturated rings. The lowest BCUT2D eigenvalue weighted by atomic mass is 10.2. The SMILES string of the molecule is OC[C@H]1O[C@@H](n2cc(I)c3c(Cl)ncnc32)C[C@H]1O. The Balaban J connectivity index is 2.05. The molecule has 2 aromatic rings. The van der Waals surface area contributed by atoms with Crippen molar-refractivity contribution in [2.24, 2.45) is 0 Å². The van der Waals surface area contributed by atoms with Gasteiger partial charge in [0.25, 0.3) is 0 Å². The summed E-state index contributed by atoms with van der Waals surface area (Å²) in [4.78, 5) is 8.18. The van der Waals surface area contributed by atoms with E-state index in [2.05, 4.69) is 32.6 Å². The standard InChI is InChI=1S/C11H11ClIN3O3/c12-10-9-5(13)2-16(11(9)15-4-14-10)8-1-6(18)7(3-17)19-8/h2,4,6-8,17-18H,1,3H2/t6-,7-,8-/m1/s1. The first-order valence-electron chi connectivity index (χ1n) is 5.72. The Labute approximate surface area is 127 Å². The van der Waals surface area contributed by atoms with E-state index in [1.165, 1.54) is 6.33 Å². The lowest BCUT2D eigenvalue weighted by Gasteiger charge is -2.14. The average Bonchev–Trinajstić information content (AvgIpc) is 2.91. The predicted molar refractivity (Wildman–Crippen MR) is 76.9 cm³/mol. The minimum absolute atomic E-state index is 0.205. The van der Waals surface area contributed by atoms with Crippen LogP contribution >= 0.6 is 34.2 Å². The second-order valence-corrected chi connectivity index (χ2v) is 5.88. The summed E-state index contributed by atoms with van der Waals surface area (Å²) in [5.74, 6) is 0. The number of hydrogen-bond acceptors (Lipinski definition) is 5. The highest BCUT2D eigenvalue weighted by molar-refractivity contribution is 14.1. The van der Waals surface area contributed by atoms with Crippen LogP contribution in [0.2, 0.25) is 5.15 Å². The van der Waals surface area contributed by atoms with Gasteiger partial charge in [-0.15, -0.1) is 0 Å². The fourth-order valence-electron chi connectivity index (χ4n) is 2.27. The molecule has 0 aliphatic carbocycles. The van der Waals surface area contributed by atoms with Crippen molar-refractivity contribution in [3.8, 4) is 0 Å². The van der Waals surface area contributed by atoms with Gasteiger partial charge in [-0.2, -0.15) is 0 Å². The molecule has 102 valence electrons. The van der Waals surface area contributed by atoms with E-state index in [0.29, 0.717) is 17.2 Å². The molecule has 1 aliphatic rings. The molecule has 0 radical (unpaired) electrons. The van der Waals surface area contributed by atoms with E-state index >= 15 is 0 Å². The molecule has 8 heteroatoms. The first-order valence-corrected chi connectivity index (χ1v) is 7.18. The van der Waals surface area contributed by atoms with Gasteiger partial charge in [-0.05, 0) is 22.6 Å². The molecule has 1 aliphatic heterocycles. The second-order valence-electron chi connectivity index (χ2n) is 4.36. The molecular weight excluding hydrogens is 384 g/mol. The molecule has 0 spiro atoms. The first kappa shape index (κ1) is 13.5. The number of fused-ring (bicyclic) bond motifs is 1. The highest BCUT2D eigenvalue weighted by atomic mass is 127. The van der Waals surface area contributed by atoms with Gasteiger partial charge in [0.15, 0.2) is 0 Å². The van der Waals surface area contributed by atoms with Crippen LogP contribution in [0.5, 0.6) is 0 Å². The molecule has 0 unspecified atom stereocenters. The first-order chi connectivity index (χ1) is 9.11. The van der Waals surface area contributed by atoms with Gasteiger partial charge in [-0.1, -0.05) is 11.6 Å². The average molecular weight is 396 g/mol. The van der Waals surface area contributed by atoms with Crippen molar-refractivity contribution >= 4 is 45.2 Å². The van der Waals surface area contributed by atoms with Crippen LogP contribution in [0.3, 0.4) is 0 Å². The van der Waals surface area contributed by atoms with Gasteiger partial charge >= 0.3 is 0 Å². The summed E-state index contributed by atoms with van der Waals surface area (Å²) in [7, 11) is 0. The molecule has 0 aromatic carbocycles. The van der Waals surface area contributed by atoms with Crippen molar-refractivity contribution in [1.82, 2.24) is 14.5 Å². The van der Waals surface area contributed by atoms with E-state index in [4.69, 9.17) is 21.4 Å². The third-order valence-electron chi connectivity index (χ3n) is 3.21. The van der Waals surface area contributed by atoms with Gasteiger partial charge in [0.2, 0.25) is 0 Å². The van der Waals surface area contributed by atoms with Crippen LogP contribution in [0.1, 0.15) is 12.6 Å². The largest absolute Gasteiger partial charge is 0.394 e. The smallest absolute Gasteiger partial charge is 0.148 e. The molecule has 0 amide bonds. The zero-order chi connectivity index (χ0) is 13.6. The molecule has 3 rings (SSSR count). The third kappa shape index (κ3) is 2.23. The lowest BCUT2D eigenvalue weighted by molar-refractivity contribution is -0.0430. The predicted octanol–water partition coefficient (Wildman–Crippen LogP) is 1.33.